The second kappa shape index (κ2) is 7.21. The van der Waals surface area contributed by atoms with Gasteiger partial charge in [0.2, 0.25) is 0 Å². The van der Waals surface area contributed by atoms with Crippen molar-refractivity contribution in [3.8, 4) is 0 Å². The third-order valence-corrected chi connectivity index (χ3v) is 7.81. The van der Waals surface area contributed by atoms with Gasteiger partial charge in [-0.25, -0.2) is 0 Å². The molecule has 0 spiro atoms. The number of hydrogen-bond acceptors (Lipinski definition) is 0. The van der Waals surface area contributed by atoms with Crippen molar-refractivity contribution >= 4 is 31.9 Å². The van der Waals surface area contributed by atoms with Gasteiger partial charge in [-0.05, 0) is 71.5 Å². The minimum atomic E-state index is -0.245. The smallest absolute Gasteiger partial charge is 0.0430 e. The lowest BCUT2D eigenvalue weighted by atomic mass is 9.55. The largest absolute Gasteiger partial charge is 0.0622 e. The first-order chi connectivity index (χ1) is 14.5. The summed E-state index contributed by atoms with van der Waals surface area (Å²) in [5.41, 5.74) is 7.54. The number of rotatable bonds is 2. The Kier molecular flexibility index (Phi) is 4.76. The van der Waals surface area contributed by atoms with Crippen LogP contribution < -0.4 is 0 Å². The fourth-order valence-corrected chi connectivity index (χ4v) is 5.91. The van der Waals surface area contributed by atoms with Gasteiger partial charge in [-0.15, -0.1) is 0 Å². The molecule has 2 heteroatoms. The fourth-order valence-electron chi connectivity index (χ4n) is 5.19. The van der Waals surface area contributed by atoms with Gasteiger partial charge in [0.15, 0.2) is 0 Å². The van der Waals surface area contributed by atoms with Crippen LogP contribution in [0.4, 0.5) is 0 Å². The first-order valence-corrected chi connectivity index (χ1v) is 11.8. The molecule has 0 aliphatic heterocycles. The van der Waals surface area contributed by atoms with Crippen molar-refractivity contribution < 1.29 is 0 Å². The van der Waals surface area contributed by atoms with E-state index < -0.39 is 0 Å². The predicted octanol–water partition coefficient (Wildman–Crippen LogP) is 8.23. The Balaban J connectivity index is 1.95. The van der Waals surface area contributed by atoms with E-state index >= 15 is 0 Å². The molecule has 0 heterocycles. The molecular formula is C28H22Br2. The lowest BCUT2D eigenvalue weighted by Gasteiger charge is -2.47. The van der Waals surface area contributed by atoms with Gasteiger partial charge in [0.1, 0.15) is 0 Å². The zero-order chi connectivity index (χ0) is 20.9. The second-order valence-corrected chi connectivity index (χ2v) is 10.2. The average Bonchev–Trinajstić information content (AvgIpc) is 2.78. The fraction of sp³-hybridized carbons (Fsp3) is 0.143. The van der Waals surface area contributed by atoms with E-state index in [9.17, 15) is 0 Å². The lowest BCUT2D eigenvalue weighted by Crippen LogP contribution is -2.41. The van der Waals surface area contributed by atoms with E-state index in [1.165, 1.54) is 33.4 Å². The van der Waals surface area contributed by atoms with Crippen molar-refractivity contribution in [2.24, 2.45) is 0 Å². The van der Waals surface area contributed by atoms with Crippen LogP contribution in [0.15, 0.2) is 106 Å². The van der Waals surface area contributed by atoms with Crippen molar-refractivity contribution in [1.82, 2.24) is 0 Å². The quantitative estimate of drug-likeness (QED) is 0.251. The number of halogens is 2. The molecule has 30 heavy (non-hydrogen) atoms. The van der Waals surface area contributed by atoms with Crippen LogP contribution in [-0.2, 0) is 10.8 Å². The van der Waals surface area contributed by atoms with Gasteiger partial charge in [0, 0.05) is 19.8 Å². The van der Waals surface area contributed by atoms with E-state index in [1.807, 2.05) is 0 Å². The third kappa shape index (κ3) is 2.77. The minimum Gasteiger partial charge on any atom is -0.0622 e. The van der Waals surface area contributed by atoms with Crippen molar-refractivity contribution in [3.05, 3.63) is 139 Å². The molecule has 0 N–H and O–H groups in total. The number of fused-ring (bicyclic) bond motifs is 2. The molecule has 2 atom stereocenters. The molecule has 0 bridgehead atoms. The summed E-state index contributed by atoms with van der Waals surface area (Å²) in [7, 11) is 0. The molecule has 5 rings (SSSR count). The van der Waals surface area contributed by atoms with Gasteiger partial charge in [0.05, 0.1) is 0 Å². The lowest BCUT2D eigenvalue weighted by molar-refractivity contribution is 0.566. The molecule has 0 saturated carbocycles. The minimum absolute atomic E-state index is 0.245. The molecule has 148 valence electrons. The van der Waals surface area contributed by atoms with Crippen LogP contribution in [0.5, 0.6) is 0 Å². The Morgan fingerprint density at radius 2 is 0.833 bits per heavy atom. The van der Waals surface area contributed by atoms with E-state index in [1.54, 1.807) is 0 Å². The molecule has 0 amide bonds. The first-order valence-electron chi connectivity index (χ1n) is 10.2. The standard InChI is InChI=1S/C28H22Br2/c1-27(19-9-5-3-6-10-19)23-15-13-22(30)18-26(23)28(2,20-11-7-4-8-12-20)24-16-14-21(29)17-25(24)27/h3-18H,1-2H3. The molecule has 1 aliphatic rings. The highest BCUT2D eigenvalue weighted by atomic mass is 79.9. The van der Waals surface area contributed by atoms with Gasteiger partial charge in [0.25, 0.3) is 0 Å². The van der Waals surface area contributed by atoms with Gasteiger partial charge in [-0.2, -0.15) is 0 Å². The maximum Gasteiger partial charge on any atom is 0.0430 e. The van der Waals surface area contributed by atoms with E-state index in [-0.39, 0.29) is 10.8 Å². The maximum absolute atomic E-state index is 3.75. The summed E-state index contributed by atoms with van der Waals surface area (Å²) in [4.78, 5) is 0. The van der Waals surface area contributed by atoms with E-state index in [2.05, 4.69) is 143 Å². The van der Waals surface area contributed by atoms with Crippen LogP contribution in [0.25, 0.3) is 0 Å². The van der Waals surface area contributed by atoms with Crippen molar-refractivity contribution in [1.29, 1.82) is 0 Å². The Bertz CT molecular complexity index is 1130. The van der Waals surface area contributed by atoms with Crippen molar-refractivity contribution in [2.45, 2.75) is 24.7 Å². The summed E-state index contributed by atoms with van der Waals surface area (Å²) in [6.45, 7) is 4.73. The van der Waals surface area contributed by atoms with Gasteiger partial charge >= 0.3 is 0 Å². The molecular weight excluding hydrogens is 496 g/mol. The number of benzene rings is 4. The Morgan fingerprint density at radius 1 is 0.467 bits per heavy atom. The molecule has 0 nitrogen and oxygen atoms in total. The predicted molar refractivity (Wildman–Crippen MR) is 132 cm³/mol. The molecule has 0 aromatic heterocycles. The summed E-state index contributed by atoms with van der Waals surface area (Å²) < 4.78 is 2.22. The van der Waals surface area contributed by atoms with Gasteiger partial charge < -0.3 is 0 Å². The molecule has 0 saturated heterocycles. The monoisotopic (exact) mass is 516 g/mol. The second-order valence-electron chi connectivity index (χ2n) is 8.36. The SMILES string of the molecule is CC1(c2ccccc2)c2ccc(Br)cc2C(C)(c2ccccc2)c2ccc(Br)cc21. The van der Waals surface area contributed by atoms with E-state index in [0.29, 0.717) is 0 Å². The Hall–Kier alpha value is -2.16. The van der Waals surface area contributed by atoms with E-state index in [0.717, 1.165) is 8.95 Å². The van der Waals surface area contributed by atoms with Crippen molar-refractivity contribution in [3.63, 3.8) is 0 Å². The van der Waals surface area contributed by atoms with Crippen LogP contribution in [0.1, 0.15) is 47.2 Å². The van der Waals surface area contributed by atoms with Crippen LogP contribution in [-0.4, -0.2) is 0 Å². The third-order valence-electron chi connectivity index (χ3n) is 6.82. The Morgan fingerprint density at radius 3 is 1.20 bits per heavy atom. The van der Waals surface area contributed by atoms with Crippen LogP contribution >= 0.6 is 31.9 Å². The van der Waals surface area contributed by atoms with Crippen LogP contribution in [0.2, 0.25) is 0 Å². The van der Waals surface area contributed by atoms with Crippen LogP contribution in [0, 0.1) is 0 Å². The number of hydrogen-bond donors (Lipinski definition) is 0. The highest BCUT2D eigenvalue weighted by Gasteiger charge is 2.47. The van der Waals surface area contributed by atoms with Gasteiger partial charge in [-0.1, -0.05) is 105 Å². The highest BCUT2D eigenvalue weighted by molar-refractivity contribution is 9.10. The Labute approximate surface area is 195 Å². The summed E-state index contributed by atoms with van der Waals surface area (Å²) in [5.74, 6) is 0. The molecule has 4 aromatic carbocycles. The summed E-state index contributed by atoms with van der Waals surface area (Å²) in [6, 6.07) is 35.3. The molecule has 4 aromatic rings. The zero-order valence-electron chi connectivity index (χ0n) is 17.0. The molecule has 1 aliphatic carbocycles. The van der Waals surface area contributed by atoms with Crippen molar-refractivity contribution in [2.75, 3.05) is 0 Å². The summed E-state index contributed by atoms with van der Waals surface area (Å²) in [5, 5.41) is 0. The van der Waals surface area contributed by atoms with Crippen LogP contribution in [0.3, 0.4) is 0 Å². The summed E-state index contributed by atoms with van der Waals surface area (Å²) >= 11 is 7.51. The van der Waals surface area contributed by atoms with E-state index in [4.69, 9.17) is 0 Å². The summed E-state index contributed by atoms with van der Waals surface area (Å²) in [6.07, 6.45) is 0. The molecule has 2 unspecified atom stereocenters. The zero-order valence-corrected chi connectivity index (χ0v) is 20.2. The van der Waals surface area contributed by atoms with Gasteiger partial charge in [-0.3, -0.25) is 0 Å². The maximum atomic E-state index is 3.75. The topological polar surface area (TPSA) is 0 Å². The first kappa shape index (κ1) is 19.8. The highest BCUT2D eigenvalue weighted by Crippen LogP contribution is 2.55. The normalized spacial score (nSPS) is 22.3. The molecule has 0 radical (unpaired) electrons. The average molecular weight is 518 g/mol. The molecule has 0 fully saturated rings.